The van der Waals surface area contributed by atoms with Crippen LogP contribution in [0.15, 0.2) is 54.7 Å². The van der Waals surface area contributed by atoms with E-state index >= 15 is 0 Å². The number of hydrogen-bond donors (Lipinski definition) is 1. The Bertz CT molecular complexity index is 912. The Labute approximate surface area is 161 Å². The van der Waals surface area contributed by atoms with Crippen LogP contribution < -0.4 is 15.1 Å². The summed E-state index contributed by atoms with van der Waals surface area (Å²) in [6.07, 6.45) is 1.66. The molecular weight excluding hydrogens is 367 g/mol. The number of nitrogens with zero attached hydrogens (tertiary/aromatic N) is 5. The Morgan fingerprint density at radius 3 is 2.44 bits per heavy atom. The van der Waals surface area contributed by atoms with E-state index in [1.54, 1.807) is 12.3 Å². The maximum Gasteiger partial charge on any atom is 0.249 e. The van der Waals surface area contributed by atoms with Crippen LogP contribution in [0, 0.1) is 5.82 Å². The van der Waals surface area contributed by atoms with Crippen LogP contribution in [-0.4, -0.2) is 41.4 Å². The summed E-state index contributed by atoms with van der Waals surface area (Å²) in [7, 11) is 0. The summed E-state index contributed by atoms with van der Waals surface area (Å²) in [5, 5.41) is 11.9. The van der Waals surface area contributed by atoms with Gasteiger partial charge in [-0.3, -0.25) is 0 Å². The highest BCUT2D eigenvalue weighted by Crippen LogP contribution is 2.21. The van der Waals surface area contributed by atoms with Crippen LogP contribution in [0.2, 0.25) is 5.02 Å². The predicted molar refractivity (Wildman–Crippen MR) is 105 cm³/mol. The van der Waals surface area contributed by atoms with Crippen LogP contribution >= 0.6 is 11.6 Å². The number of rotatable bonds is 4. The van der Waals surface area contributed by atoms with Gasteiger partial charge in [0.2, 0.25) is 5.95 Å². The van der Waals surface area contributed by atoms with E-state index in [0.29, 0.717) is 11.0 Å². The molecule has 0 aliphatic carbocycles. The van der Waals surface area contributed by atoms with Crippen molar-refractivity contribution in [3.8, 4) is 0 Å². The molecule has 2 aromatic carbocycles. The third kappa shape index (κ3) is 4.25. The van der Waals surface area contributed by atoms with Crippen LogP contribution in [0.4, 0.5) is 27.5 Å². The van der Waals surface area contributed by atoms with Crippen molar-refractivity contribution in [2.75, 3.05) is 41.3 Å². The number of halogens is 2. The second kappa shape index (κ2) is 7.75. The highest BCUT2D eigenvalue weighted by Gasteiger charge is 2.19. The SMILES string of the molecule is Fc1ccc(N2CCN(c3cnnc(Nc4cccc(Cl)c4)n3)CC2)cc1. The normalized spacial score (nSPS) is 14.3. The average molecular weight is 385 g/mol. The lowest BCUT2D eigenvalue weighted by atomic mass is 10.2. The van der Waals surface area contributed by atoms with Crippen molar-refractivity contribution in [2.45, 2.75) is 0 Å². The van der Waals surface area contributed by atoms with E-state index in [4.69, 9.17) is 11.6 Å². The Morgan fingerprint density at radius 2 is 1.70 bits per heavy atom. The molecule has 1 aliphatic rings. The first-order chi connectivity index (χ1) is 13.2. The zero-order valence-corrected chi connectivity index (χ0v) is 15.3. The highest BCUT2D eigenvalue weighted by atomic mass is 35.5. The van der Waals surface area contributed by atoms with E-state index in [1.807, 2.05) is 30.3 Å². The number of aromatic nitrogens is 3. The lowest BCUT2D eigenvalue weighted by molar-refractivity contribution is 0.624. The fourth-order valence-electron chi connectivity index (χ4n) is 3.04. The molecule has 0 spiro atoms. The lowest BCUT2D eigenvalue weighted by Crippen LogP contribution is -2.46. The zero-order chi connectivity index (χ0) is 18.6. The molecule has 1 aliphatic heterocycles. The molecule has 0 unspecified atom stereocenters. The lowest BCUT2D eigenvalue weighted by Gasteiger charge is -2.36. The van der Waals surface area contributed by atoms with Gasteiger partial charge in [0.15, 0.2) is 5.82 Å². The third-order valence-corrected chi connectivity index (χ3v) is 4.66. The second-order valence-corrected chi connectivity index (χ2v) is 6.66. The first kappa shape index (κ1) is 17.5. The smallest absolute Gasteiger partial charge is 0.249 e. The maximum absolute atomic E-state index is 13.1. The Balaban J connectivity index is 1.42. The number of benzene rings is 2. The van der Waals surface area contributed by atoms with Crippen LogP contribution in [0.3, 0.4) is 0 Å². The molecule has 0 amide bonds. The number of piperazine rings is 1. The molecule has 0 radical (unpaired) electrons. The van der Waals surface area contributed by atoms with Crippen molar-refractivity contribution < 1.29 is 4.39 Å². The van der Waals surface area contributed by atoms with Gasteiger partial charge in [-0.2, -0.15) is 10.1 Å². The van der Waals surface area contributed by atoms with Crippen molar-refractivity contribution in [1.29, 1.82) is 0 Å². The molecule has 2 heterocycles. The average Bonchev–Trinajstić information content (AvgIpc) is 2.69. The van der Waals surface area contributed by atoms with E-state index in [9.17, 15) is 4.39 Å². The van der Waals surface area contributed by atoms with Gasteiger partial charge in [0.05, 0.1) is 6.20 Å². The topological polar surface area (TPSA) is 57.2 Å². The van der Waals surface area contributed by atoms with E-state index in [2.05, 4.69) is 30.3 Å². The minimum atomic E-state index is -0.218. The summed E-state index contributed by atoms with van der Waals surface area (Å²) >= 11 is 6.01. The van der Waals surface area contributed by atoms with Crippen LogP contribution in [-0.2, 0) is 0 Å². The minimum absolute atomic E-state index is 0.218. The van der Waals surface area contributed by atoms with Gasteiger partial charge in [0.25, 0.3) is 0 Å². The summed E-state index contributed by atoms with van der Waals surface area (Å²) < 4.78 is 13.1. The van der Waals surface area contributed by atoms with Crippen LogP contribution in [0.25, 0.3) is 0 Å². The molecule has 4 rings (SSSR count). The first-order valence-electron chi connectivity index (χ1n) is 8.65. The van der Waals surface area contributed by atoms with Crippen molar-refractivity contribution in [3.05, 3.63) is 65.6 Å². The van der Waals surface area contributed by atoms with E-state index in [1.165, 1.54) is 12.1 Å². The highest BCUT2D eigenvalue weighted by molar-refractivity contribution is 6.30. The molecule has 3 aromatic rings. The zero-order valence-electron chi connectivity index (χ0n) is 14.5. The quantitative estimate of drug-likeness (QED) is 0.739. The molecule has 1 fully saturated rings. The summed E-state index contributed by atoms with van der Waals surface area (Å²) in [5.41, 5.74) is 1.84. The molecule has 1 saturated heterocycles. The summed E-state index contributed by atoms with van der Waals surface area (Å²) in [6.45, 7) is 3.25. The van der Waals surface area contributed by atoms with Gasteiger partial charge in [-0.1, -0.05) is 17.7 Å². The summed E-state index contributed by atoms with van der Waals surface area (Å²) in [6, 6.07) is 14.0. The Kier molecular flexibility index (Phi) is 5.02. The molecule has 0 bridgehead atoms. The van der Waals surface area contributed by atoms with Crippen molar-refractivity contribution >= 4 is 34.7 Å². The molecule has 0 saturated carbocycles. The van der Waals surface area contributed by atoms with Gasteiger partial charge in [-0.05, 0) is 42.5 Å². The Morgan fingerprint density at radius 1 is 0.963 bits per heavy atom. The van der Waals surface area contributed by atoms with Crippen molar-refractivity contribution in [3.63, 3.8) is 0 Å². The fourth-order valence-corrected chi connectivity index (χ4v) is 3.23. The molecule has 138 valence electrons. The number of nitrogens with one attached hydrogen (secondary N) is 1. The summed E-state index contributed by atoms with van der Waals surface area (Å²) in [4.78, 5) is 8.96. The van der Waals surface area contributed by atoms with Crippen molar-refractivity contribution in [1.82, 2.24) is 15.2 Å². The van der Waals surface area contributed by atoms with E-state index < -0.39 is 0 Å². The van der Waals surface area contributed by atoms with Gasteiger partial charge < -0.3 is 15.1 Å². The minimum Gasteiger partial charge on any atom is -0.368 e. The monoisotopic (exact) mass is 384 g/mol. The van der Waals surface area contributed by atoms with Gasteiger partial charge in [0, 0.05) is 42.6 Å². The Hall–Kier alpha value is -2.93. The molecule has 27 heavy (non-hydrogen) atoms. The largest absolute Gasteiger partial charge is 0.368 e. The second-order valence-electron chi connectivity index (χ2n) is 6.22. The van der Waals surface area contributed by atoms with Gasteiger partial charge in [-0.15, -0.1) is 5.10 Å². The van der Waals surface area contributed by atoms with Crippen LogP contribution in [0.5, 0.6) is 0 Å². The molecular formula is C19H18ClFN6. The van der Waals surface area contributed by atoms with Gasteiger partial charge in [-0.25, -0.2) is 4.39 Å². The predicted octanol–water partition coefficient (Wildman–Crippen LogP) is 3.73. The number of hydrogen-bond acceptors (Lipinski definition) is 6. The first-order valence-corrected chi connectivity index (χ1v) is 9.03. The van der Waals surface area contributed by atoms with Gasteiger partial charge >= 0.3 is 0 Å². The molecule has 1 N–H and O–H groups in total. The number of anilines is 4. The van der Waals surface area contributed by atoms with Crippen LogP contribution in [0.1, 0.15) is 0 Å². The molecule has 8 heteroatoms. The fraction of sp³-hybridized carbons (Fsp3) is 0.211. The molecule has 6 nitrogen and oxygen atoms in total. The summed E-state index contributed by atoms with van der Waals surface area (Å²) in [5.74, 6) is 0.980. The van der Waals surface area contributed by atoms with Gasteiger partial charge in [0.1, 0.15) is 5.82 Å². The maximum atomic E-state index is 13.1. The standard InChI is InChI=1S/C19H18ClFN6/c20-14-2-1-3-16(12-14)23-19-24-18(13-22-25-19)27-10-8-26(9-11-27)17-6-4-15(21)5-7-17/h1-7,12-13H,8-11H2,(H,23,24,25). The van der Waals surface area contributed by atoms with E-state index in [0.717, 1.165) is 43.4 Å². The van der Waals surface area contributed by atoms with E-state index in [-0.39, 0.29) is 5.82 Å². The molecule has 0 atom stereocenters. The third-order valence-electron chi connectivity index (χ3n) is 4.42. The molecule has 1 aromatic heterocycles. The van der Waals surface area contributed by atoms with Crippen molar-refractivity contribution in [2.24, 2.45) is 0 Å².